The molecule has 0 radical (unpaired) electrons. The van der Waals surface area contributed by atoms with Crippen molar-refractivity contribution in [2.45, 2.75) is 45.6 Å². The summed E-state index contributed by atoms with van der Waals surface area (Å²) in [6, 6.07) is 4.01. The Bertz CT molecular complexity index is 713. The van der Waals surface area contributed by atoms with Crippen LogP contribution in [0.5, 0.6) is 0 Å². The number of hydrogen-bond donors (Lipinski definition) is 2. The summed E-state index contributed by atoms with van der Waals surface area (Å²) < 4.78 is 13.3. The number of benzene rings is 1. The molecule has 1 aliphatic heterocycles. The maximum atomic E-state index is 13.3. The van der Waals surface area contributed by atoms with Gasteiger partial charge in [0.25, 0.3) is 0 Å². The fraction of sp³-hybridized carbons (Fsp3) is 0.600. The Morgan fingerprint density at radius 2 is 1.89 bits per heavy atom. The summed E-state index contributed by atoms with van der Waals surface area (Å²) in [5, 5.41) is 5.96. The number of amides is 2. The monoisotopic (exact) mass is 395 g/mol. The molecule has 2 aliphatic rings. The first kappa shape index (κ1) is 20.1. The van der Waals surface area contributed by atoms with E-state index < -0.39 is 5.82 Å². The second-order valence-corrected chi connectivity index (χ2v) is 9.56. The maximum Gasteiger partial charge on any atom is 0.234 e. The Balaban J connectivity index is 1.37. The average Bonchev–Trinajstić information content (AvgIpc) is 2.39. The fourth-order valence-electron chi connectivity index (χ4n) is 4.34. The van der Waals surface area contributed by atoms with Crippen molar-refractivity contribution in [2.24, 2.45) is 11.3 Å². The molecule has 0 bridgehead atoms. The minimum atomic E-state index is -0.467. The smallest absolute Gasteiger partial charge is 0.234 e. The molecule has 1 spiro atoms. The van der Waals surface area contributed by atoms with Gasteiger partial charge in [0, 0.05) is 35.8 Å². The Morgan fingerprint density at radius 1 is 1.22 bits per heavy atom. The first-order valence-electron chi connectivity index (χ1n) is 9.31. The Morgan fingerprint density at radius 3 is 2.48 bits per heavy atom. The van der Waals surface area contributed by atoms with E-state index in [1.54, 1.807) is 0 Å². The lowest BCUT2D eigenvalue weighted by molar-refractivity contribution is -0.135. The zero-order chi connectivity index (χ0) is 19.8. The van der Waals surface area contributed by atoms with Crippen molar-refractivity contribution in [1.29, 1.82) is 0 Å². The largest absolute Gasteiger partial charge is 0.350 e. The van der Waals surface area contributed by atoms with E-state index >= 15 is 0 Å². The number of rotatable bonds is 5. The van der Waals surface area contributed by atoms with Crippen molar-refractivity contribution < 1.29 is 14.0 Å². The van der Waals surface area contributed by atoms with Gasteiger partial charge >= 0.3 is 0 Å². The average molecular weight is 396 g/mol. The van der Waals surface area contributed by atoms with Gasteiger partial charge in [0.15, 0.2) is 0 Å². The normalized spacial score (nSPS) is 19.3. The Kier molecular flexibility index (Phi) is 5.50. The molecule has 5 nitrogen and oxygen atoms in total. The zero-order valence-electron chi connectivity index (χ0n) is 16.1. The van der Waals surface area contributed by atoms with E-state index in [4.69, 9.17) is 11.6 Å². The van der Waals surface area contributed by atoms with E-state index in [0.29, 0.717) is 24.6 Å². The van der Waals surface area contributed by atoms with Gasteiger partial charge in [-0.3, -0.25) is 14.5 Å². The fourth-order valence-corrected chi connectivity index (χ4v) is 4.56. The molecule has 7 heteroatoms. The summed E-state index contributed by atoms with van der Waals surface area (Å²) >= 11 is 5.80. The second kappa shape index (κ2) is 7.40. The van der Waals surface area contributed by atoms with E-state index in [9.17, 15) is 14.0 Å². The molecule has 2 fully saturated rings. The molecule has 2 N–H and O–H groups in total. The van der Waals surface area contributed by atoms with Gasteiger partial charge < -0.3 is 10.6 Å². The van der Waals surface area contributed by atoms with Gasteiger partial charge in [-0.1, -0.05) is 11.6 Å². The Hall–Kier alpha value is -1.66. The third kappa shape index (κ3) is 5.42. The van der Waals surface area contributed by atoms with E-state index in [1.807, 2.05) is 20.8 Å². The van der Waals surface area contributed by atoms with Crippen molar-refractivity contribution in [3.8, 4) is 0 Å². The van der Waals surface area contributed by atoms with Crippen LogP contribution in [0, 0.1) is 17.2 Å². The van der Waals surface area contributed by atoms with E-state index in [1.165, 1.54) is 18.2 Å². The highest BCUT2D eigenvalue weighted by molar-refractivity contribution is 6.30. The molecule has 1 aromatic rings. The predicted molar refractivity (Wildman–Crippen MR) is 104 cm³/mol. The summed E-state index contributed by atoms with van der Waals surface area (Å²) in [4.78, 5) is 26.3. The molecule has 2 amide bonds. The molecule has 1 heterocycles. The third-order valence-corrected chi connectivity index (χ3v) is 5.28. The number of likely N-dealkylation sites (tertiary alicyclic amines) is 1. The standard InChI is InChI=1S/C20H27ClFN3O2/c1-19(2,3)24-18(27)10-25-11-20(12-25)8-13(9-20)4-17(26)23-16-6-14(21)5-15(22)7-16/h5-7,13H,4,8-12H2,1-3H3,(H,23,26)(H,24,27). The molecule has 1 aromatic carbocycles. The quantitative estimate of drug-likeness (QED) is 0.802. The Labute approximate surface area is 164 Å². The van der Waals surface area contributed by atoms with Gasteiger partial charge in [0.2, 0.25) is 11.8 Å². The van der Waals surface area contributed by atoms with Crippen LogP contribution < -0.4 is 10.6 Å². The number of anilines is 1. The number of halogens is 2. The van der Waals surface area contributed by atoms with Crippen LogP contribution >= 0.6 is 11.6 Å². The highest BCUT2D eigenvalue weighted by Crippen LogP contribution is 2.52. The van der Waals surface area contributed by atoms with Crippen LogP contribution in [0.25, 0.3) is 0 Å². The molecule has 27 heavy (non-hydrogen) atoms. The topological polar surface area (TPSA) is 61.4 Å². The zero-order valence-corrected chi connectivity index (χ0v) is 16.8. The van der Waals surface area contributed by atoms with Crippen LogP contribution in [-0.2, 0) is 9.59 Å². The summed E-state index contributed by atoms with van der Waals surface area (Å²) in [5.41, 5.74) is 0.453. The van der Waals surface area contributed by atoms with E-state index in [0.717, 1.165) is 25.9 Å². The van der Waals surface area contributed by atoms with Gasteiger partial charge in [-0.25, -0.2) is 4.39 Å². The van der Waals surface area contributed by atoms with Crippen LogP contribution in [0.3, 0.4) is 0 Å². The molecule has 0 atom stereocenters. The number of nitrogens with one attached hydrogen (secondary N) is 2. The van der Waals surface area contributed by atoms with Crippen LogP contribution in [-0.4, -0.2) is 41.9 Å². The lowest BCUT2D eigenvalue weighted by atomic mass is 9.57. The minimum Gasteiger partial charge on any atom is -0.350 e. The van der Waals surface area contributed by atoms with Crippen molar-refractivity contribution in [1.82, 2.24) is 10.2 Å². The third-order valence-electron chi connectivity index (χ3n) is 5.06. The summed E-state index contributed by atoms with van der Waals surface area (Å²) in [6.07, 6.45) is 2.43. The highest BCUT2D eigenvalue weighted by Gasteiger charge is 2.52. The first-order chi connectivity index (χ1) is 12.5. The summed E-state index contributed by atoms with van der Waals surface area (Å²) in [5.74, 6) is -0.177. The first-order valence-corrected chi connectivity index (χ1v) is 9.69. The van der Waals surface area contributed by atoms with Gasteiger partial charge in [-0.15, -0.1) is 0 Å². The maximum absolute atomic E-state index is 13.3. The number of nitrogens with zero attached hydrogens (tertiary/aromatic N) is 1. The number of carbonyl (C=O) groups is 2. The SMILES string of the molecule is CC(C)(C)NC(=O)CN1CC2(CC(CC(=O)Nc3cc(F)cc(Cl)c3)C2)C1. The molecular weight excluding hydrogens is 369 g/mol. The van der Waals surface area contributed by atoms with Crippen molar-refractivity contribution in [3.05, 3.63) is 29.0 Å². The molecule has 1 saturated carbocycles. The van der Waals surface area contributed by atoms with E-state index in [2.05, 4.69) is 15.5 Å². The number of hydrogen-bond acceptors (Lipinski definition) is 3. The number of carbonyl (C=O) groups excluding carboxylic acids is 2. The molecule has 0 unspecified atom stereocenters. The second-order valence-electron chi connectivity index (χ2n) is 9.13. The van der Waals surface area contributed by atoms with Gasteiger partial charge in [-0.05, 0) is 63.1 Å². The van der Waals surface area contributed by atoms with Crippen LogP contribution in [0.15, 0.2) is 18.2 Å². The molecule has 1 saturated heterocycles. The van der Waals surface area contributed by atoms with Crippen molar-refractivity contribution >= 4 is 29.1 Å². The predicted octanol–water partition coefficient (Wildman–Crippen LogP) is 3.43. The molecule has 148 valence electrons. The molecule has 0 aromatic heterocycles. The summed E-state index contributed by atoms with van der Waals surface area (Å²) in [7, 11) is 0. The molecular formula is C20H27ClFN3O2. The van der Waals surface area contributed by atoms with Gasteiger partial charge in [-0.2, -0.15) is 0 Å². The van der Waals surface area contributed by atoms with E-state index in [-0.39, 0.29) is 27.8 Å². The lowest BCUT2D eigenvalue weighted by Crippen LogP contribution is -2.64. The van der Waals surface area contributed by atoms with Gasteiger partial charge in [0.1, 0.15) is 5.82 Å². The van der Waals surface area contributed by atoms with Crippen LogP contribution in [0.2, 0.25) is 5.02 Å². The summed E-state index contributed by atoms with van der Waals surface area (Å²) in [6.45, 7) is 8.19. The molecule has 1 aliphatic carbocycles. The van der Waals surface area contributed by atoms with Crippen LogP contribution in [0.1, 0.15) is 40.0 Å². The highest BCUT2D eigenvalue weighted by atomic mass is 35.5. The lowest BCUT2D eigenvalue weighted by Gasteiger charge is -2.59. The van der Waals surface area contributed by atoms with Crippen LogP contribution in [0.4, 0.5) is 10.1 Å². The minimum absolute atomic E-state index is 0.0568. The van der Waals surface area contributed by atoms with Crippen molar-refractivity contribution in [2.75, 3.05) is 25.0 Å². The van der Waals surface area contributed by atoms with Gasteiger partial charge in [0.05, 0.1) is 6.54 Å². The van der Waals surface area contributed by atoms with Crippen molar-refractivity contribution in [3.63, 3.8) is 0 Å². The molecule has 3 rings (SSSR count).